The zero-order valence-corrected chi connectivity index (χ0v) is 18.4. The first-order valence-electron chi connectivity index (χ1n) is 9.77. The maximum Gasteiger partial charge on any atom is 0.409 e. The van der Waals surface area contributed by atoms with Crippen molar-refractivity contribution in [3.63, 3.8) is 0 Å². The van der Waals surface area contributed by atoms with E-state index in [1.165, 1.54) is 18.0 Å². The first kappa shape index (κ1) is 22.6. The Bertz CT molecular complexity index is 941. The van der Waals surface area contributed by atoms with Crippen molar-refractivity contribution < 1.29 is 28.3 Å². The SMILES string of the molecule is CCOC(=O)N1CCN(C(=O)COC(=O)c2c(C)nc(-c3ccco3)nc2SC)CC1. The highest BCUT2D eigenvalue weighted by Gasteiger charge is 2.27. The summed E-state index contributed by atoms with van der Waals surface area (Å²) in [5.41, 5.74) is 0.661. The van der Waals surface area contributed by atoms with E-state index in [9.17, 15) is 14.4 Å². The first-order valence-corrected chi connectivity index (χ1v) is 11.0. The van der Waals surface area contributed by atoms with E-state index in [0.29, 0.717) is 55.1 Å². The topological polar surface area (TPSA) is 115 Å². The predicted octanol–water partition coefficient (Wildman–Crippen LogP) is 2.22. The van der Waals surface area contributed by atoms with Gasteiger partial charge in [0.25, 0.3) is 5.91 Å². The maximum absolute atomic E-state index is 12.7. The molecule has 166 valence electrons. The Morgan fingerprint density at radius 2 is 1.84 bits per heavy atom. The van der Waals surface area contributed by atoms with Gasteiger partial charge in [-0.1, -0.05) is 0 Å². The highest BCUT2D eigenvalue weighted by atomic mass is 32.2. The first-order chi connectivity index (χ1) is 14.9. The summed E-state index contributed by atoms with van der Waals surface area (Å²) in [6.07, 6.45) is 2.92. The molecule has 0 atom stereocenters. The number of amides is 2. The molecule has 1 aliphatic rings. The van der Waals surface area contributed by atoms with Crippen molar-refractivity contribution in [3.8, 4) is 11.6 Å². The number of aromatic nitrogens is 2. The summed E-state index contributed by atoms with van der Waals surface area (Å²) >= 11 is 1.28. The Balaban J connectivity index is 1.59. The van der Waals surface area contributed by atoms with E-state index in [2.05, 4.69) is 9.97 Å². The summed E-state index contributed by atoms with van der Waals surface area (Å²) in [4.78, 5) is 48.7. The van der Waals surface area contributed by atoms with Crippen molar-refractivity contribution in [2.75, 3.05) is 45.6 Å². The minimum atomic E-state index is -0.661. The van der Waals surface area contributed by atoms with E-state index in [-0.39, 0.29) is 17.6 Å². The van der Waals surface area contributed by atoms with Gasteiger partial charge in [-0.25, -0.2) is 19.6 Å². The lowest BCUT2D eigenvalue weighted by Gasteiger charge is -2.33. The molecule has 3 heterocycles. The van der Waals surface area contributed by atoms with Crippen LogP contribution in [0.25, 0.3) is 11.6 Å². The molecule has 0 spiro atoms. The lowest BCUT2D eigenvalue weighted by molar-refractivity contribution is -0.136. The molecule has 1 fully saturated rings. The fraction of sp³-hybridized carbons (Fsp3) is 0.450. The minimum Gasteiger partial charge on any atom is -0.461 e. The number of carbonyl (C=O) groups excluding carboxylic acids is 3. The second-order valence-electron chi connectivity index (χ2n) is 6.64. The van der Waals surface area contributed by atoms with Crippen LogP contribution in [-0.4, -0.2) is 83.4 Å². The van der Waals surface area contributed by atoms with Gasteiger partial charge in [0.1, 0.15) is 10.6 Å². The summed E-state index contributed by atoms with van der Waals surface area (Å²) < 4.78 is 15.5. The van der Waals surface area contributed by atoms with Gasteiger partial charge in [-0.2, -0.15) is 0 Å². The molecule has 1 aliphatic heterocycles. The molecule has 10 nitrogen and oxygen atoms in total. The Morgan fingerprint density at radius 1 is 1.13 bits per heavy atom. The molecule has 0 bridgehead atoms. The van der Waals surface area contributed by atoms with Crippen LogP contribution in [0.15, 0.2) is 27.8 Å². The molecule has 0 radical (unpaired) electrons. The molecule has 0 saturated carbocycles. The summed E-state index contributed by atoms with van der Waals surface area (Å²) in [7, 11) is 0. The number of furan rings is 1. The van der Waals surface area contributed by atoms with Crippen molar-refractivity contribution in [2.45, 2.75) is 18.9 Å². The van der Waals surface area contributed by atoms with Crippen molar-refractivity contribution in [3.05, 3.63) is 29.7 Å². The van der Waals surface area contributed by atoms with Crippen LogP contribution in [0.3, 0.4) is 0 Å². The number of piperazine rings is 1. The third-order valence-electron chi connectivity index (χ3n) is 4.68. The van der Waals surface area contributed by atoms with E-state index in [0.717, 1.165) is 0 Å². The monoisotopic (exact) mass is 448 g/mol. The summed E-state index contributed by atoms with van der Waals surface area (Å²) in [6.45, 7) is 4.78. The number of carbonyl (C=O) groups is 3. The molecule has 31 heavy (non-hydrogen) atoms. The normalized spacial score (nSPS) is 13.8. The van der Waals surface area contributed by atoms with E-state index < -0.39 is 12.6 Å². The zero-order chi connectivity index (χ0) is 22.4. The van der Waals surface area contributed by atoms with E-state index in [1.807, 2.05) is 0 Å². The van der Waals surface area contributed by atoms with Gasteiger partial charge >= 0.3 is 12.1 Å². The smallest absolute Gasteiger partial charge is 0.409 e. The fourth-order valence-corrected chi connectivity index (χ4v) is 3.70. The van der Waals surface area contributed by atoms with Crippen molar-refractivity contribution in [1.82, 2.24) is 19.8 Å². The molecule has 11 heteroatoms. The van der Waals surface area contributed by atoms with E-state index in [4.69, 9.17) is 13.9 Å². The van der Waals surface area contributed by atoms with Crippen LogP contribution >= 0.6 is 11.8 Å². The van der Waals surface area contributed by atoms with Gasteiger partial charge < -0.3 is 23.7 Å². The average Bonchev–Trinajstić information content (AvgIpc) is 3.32. The van der Waals surface area contributed by atoms with Crippen molar-refractivity contribution in [1.29, 1.82) is 0 Å². The van der Waals surface area contributed by atoms with Crippen LogP contribution in [0.4, 0.5) is 4.79 Å². The number of rotatable bonds is 6. The Hall–Kier alpha value is -3.08. The van der Waals surface area contributed by atoms with E-state index in [1.54, 1.807) is 42.0 Å². The van der Waals surface area contributed by atoms with Crippen LogP contribution in [0, 0.1) is 6.92 Å². The van der Waals surface area contributed by atoms with Gasteiger partial charge in [-0.05, 0) is 32.2 Å². The molecule has 1 saturated heterocycles. The van der Waals surface area contributed by atoms with Crippen LogP contribution < -0.4 is 0 Å². The van der Waals surface area contributed by atoms with Gasteiger partial charge in [0.2, 0.25) is 0 Å². The average molecular weight is 449 g/mol. The van der Waals surface area contributed by atoms with Crippen LogP contribution in [0.2, 0.25) is 0 Å². The molecular formula is C20H24N4O6S. The number of thioether (sulfide) groups is 1. The van der Waals surface area contributed by atoms with Crippen LogP contribution in [-0.2, 0) is 14.3 Å². The minimum absolute atomic E-state index is 0.225. The highest BCUT2D eigenvalue weighted by molar-refractivity contribution is 7.98. The molecule has 2 aromatic heterocycles. The van der Waals surface area contributed by atoms with Crippen molar-refractivity contribution >= 4 is 29.7 Å². The number of ether oxygens (including phenoxy) is 2. The summed E-state index contributed by atoms with van der Waals surface area (Å²) in [5.74, 6) is -0.117. The number of aryl methyl sites for hydroxylation is 1. The van der Waals surface area contributed by atoms with Gasteiger partial charge in [0, 0.05) is 26.2 Å². The fourth-order valence-electron chi connectivity index (χ4n) is 3.09. The lowest BCUT2D eigenvalue weighted by Crippen LogP contribution is -2.51. The van der Waals surface area contributed by atoms with E-state index >= 15 is 0 Å². The lowest BCUT2D eigenvalue weighted by atomic mass is 10.2. The number of nitrogens with zero attached hydrogens (tertiary/aromatic N) is 4. The molecule has 0 N–H and O–H groups in total. The Labute approximate surface area is 183 Å². The largest absolute Gasteiger partial charge is 0.461 e. The molecule has 2 aromatic rings. The van der Waals surface area contributed by atoms with Gasteiger partial charge in [0.15, 0.2) is 18.2 Å². The summed E-state index contributed by atoms with van der Waals surface area (Å²) in [6, 6.07) is 3.46. The third-order valence-corrected chi connectivity index (χ3v) is 5.36. The molecule has 0 unspecified atom stereocenters. The van der Waals surface area contributed by atoms with Gasteiger partial charge in [-0.15, -0.1) is 11.8 Å². The quantitative estimate of drug-likeness (QED) is 0.373. The van der Waals surface area contributed by atoms with Crippen molar-refractivity contribution in [2.24, 2.45) is 0 Å². The highest BCUT2D eigenvalue weighted by Crippen LogP contribution is 2.25. The molecule has 0 aromatic carbocycles. The third kappa shape index (κ3) is 5.35. The molecule has 2 amide bonds. The van der Waals surface area contributed by atoms with Gasteiger partial charge in [-0.3, -0.25) is 4.79 Å². The van der Waals surface area contributed by atoms with Gasteiger partial charge in [0.05, 0.1) is 18.6 Å². The number of esters is 1. The van der Waals surface area contributed by atoms with Crippen LogP contribution in [0.1, 0.15) is 23.0 Å². The Morgan fingerprint density at radius 3 is 2.45 bits per heavy atom. The van der Waals surface area contributed by atoms with Crippen LogP contribution in [0.5, 0.6) is 0 Å². The zero-order valence-electron chi connectivity index (χ0n) is 17.6. The second kappa shape index (κ2) is 10.3. The maximum atomic E-state index is 12.7. The molecule has 0 aliphatic carbocycles. The predicted molar refractivity (Wildman–Crippen MR) is 112 cm³/mol. The molecule has 3 rings (SSSR count). The Kier molecular flexibility index (Phi) is 7.50. The number of hydrogen-bond acceptors (Lipinski definition) is 9. The number of hydrogen-bond donors (Lipinski definition) is 0. The second-order valence-corrected chi connectivity index (χ2v) is 7.43. The molecular weight excluding hydrogens is 424 g/mol. The standard InChI is InChI=1S/C20H24N4O6S/c1-4-28-20(27)24-9-7-23(8-10-24)15(25)12-30-19(26)16-13(2)21-17(22-18(16)31-3)14-6-5-11-29-14/h5-6,11H,4,7-10,12H2,1-3H3. The summed E-state index contributed by atoms with van der Waals surface area (Å²) in [5, 5.41) is 0.444.